The number of rotatable bonds is 8. The number of amides is 2. The van der Waals surface area contributed by atoms with Crippen LogP contribution in [0.1, 0.15) is 30.4 Å². The Kier molecular flexibility index (Phi) is 7.55. The van der Waals surface area contributed by atoms with Gasteiger partial charge in [0.1, 0.15) is 0 Å². The fourth-order valence-electron chi connectivity index (χ4n) is 2.50. The average molecular weight is 368 g/mol. The highest BCUT2D eigenvalue weighted by atomic mass is 16.5. The number of esters is 1. The summed E-state index contributed by atoms with van der Waals surface area (Å²) in [5, 5.41) is 5.46. The van der Waals surface area contributed by atoms with E-state index in [2.05, 4.69) is 10.6 Å². The molecule has 6 heteroatoms. The Balaban J connectivity index is 1.64. The maximum Gasteiger partial charge on any atom is 0.306 e. The van der Waals surface area contributed by atoms with E-state index in [1.807, 2.05) is 50.2 Å². The zero-order chi connectivity index (χ0) is 19.6. The lowest BCUT2D eigenvalue weighted by Gasteiger charge is -2.09. The second-order valence-electron chi connectivity index (χ2n) is 6.29. The molecule has 27 heavy (non-hydrogen) atoms. The molecule has 2 amide bonds. The highest BCUT2D eigenvalue weighted by Gasteiger charge is 2.10. The first-order valence-corrected chi connectivity index (χ1v) is 8.81. The third-order valence-corrected chi connectivity index (χ3v) is 3.86. The number of ether oxygens (including phenoxy) is 1. The molecule has 0 saturated carbocycles. The van der Waals surface area contributed by atoms with Crippen molar-refractivity contribution in [1.82, 2.24) is 0 Å². The minimum atomic E-state index is -0.502. The number of benzene rings is 2. The molecule has 0 fully saturated rings. The quantitative estimate of drug-likeness (QED) is 0.697. The van der Waals surface area contributed by atoms with Crippen molar-refractivity contribution in [1.29, 1.82) is 0 Å². The van der Waals surface area contributed by atoms with E-state index in [9.17, 15) is 14.4 Å². The average Bonchev–Trinajstić information content (AvgIpc) is 2.63. The summed E-state index contributed by atoms with van der Waals surface area (Å²) < 4.78 is 4.96. The number of nitrogens with one attached hydrogen (secondary N) is 2. The molecule has 0 aliphatic carbocycles. The molecule has 0 spiro atoms. The first-order valence-electron chi connectivity index (χ1n) is 8.81. The number of hydrogen-bond donors (Lipinski definition) is 2. The van der Waals surface area contributed by atoms with E-state index >= 15 is 0 Å². The summed E-state index contributed by atoms with van der Waals surface area (Å²) in [4.78, 5) is 35.4. The molecule has 2 aromatic rings. The Hall–Kier alpha value is -3.15. The Morgan fingerprint density at radius 3 is 2.33 bits per heavy atom. The number of hydrogen-bond acceptors (Lipinski definition) is 4. The monoisotopic (exact) mass is 368 g/mol. The van der Waals surface area contributed by atoms with Gasteiger partial charge in [-0.15, -0.1) is 0 Å². The predicted octanol–water partition coefficient (Wildman–Crippen LogP) is 3.59. The summed E-state index contributed by atoms with van der Waals surface area (Å²) in [7, 11) is 0. The number of carbonyl (C=O) groups is 3. The second kappa shape index (κ2) is 10.1. The predicted molar refractivity (Wildman–Crippen MR) is 104 cm³/mol. The smallest absolute Gasteiger partial charge is 0.306 e. The number of anilines is 2. The van der Waals surface area contributed by atoms with Crippen LogP contribution in [0.4, 0.5) is 11.4 Å². The van der Waals surface area contributed by atoms with Gasteiger partial charge >= 0.3 is 5.97 Å². The van der Waals surface area contributed by atoms with E-state index in [1.54, 1.807) is 12.1 Å². The van der Waals surface area contributed by atoms with Gasteiger partial charge in [0.15, 0.2) is 6.61 Å². The summed E-state index contributed by atoms with van der Waals surface area (Å²) in [6, 6.07) is 14.8. The molecule has 142 valence electrons. The largest absolute Gasteiger partial charge is 0.456 e. The molecule has 2 aromatic carbocycles. The fraction of sp³-hybridized carbons (Fsp3) is 0.286. The lowest BCUT2D eigenvalue weighted by atomic mass is 10.1. The van der Waals surface area contributed by atoms with Crippen LogP contribution in [0.25, 0.3) is 0 Å². The van der Waals surface area contributed by atoms with Crippen molar-refractivity contribution in [3.05, 3.63) is 59.7 Å². The molecular weight excluding hydrogens is 344 g/mol. The van der Waals surface area contributed by atoms with Crippen LogP contribution in [-0.2, 0) is 19.1 Å². The zero-order valence-corrected chi connectivity index (χ0v) is 15.6. The molecule has 0 aromatic heterocycles. The summed E-state index contributed by atoms with van der Waals surface area (Å²) >= 11 is 0. The second-order valence-corrected chi connectivity index (χ2v) is 6.29. The molecular formula is C21H24N2O4. The van der Waals surface area contributed by atoms with Crippen LogP contribution in [0.2, 0.25) is 0 Å². The summed E-state index contributed by atoms with van der Waals surface area (Å²) in [5.74, 6) is -1.06. The van der Waals surface area contributed by atoms with E-state index in [4.69, 9.17) is 4.74 Å². The molecule has 0 bridgehead atoms. The van der Waals surface area contributed by atoms with Crippen molar-refractivity contribution in [3.63, 3.8) is 0 Å². The van der Waals surface area contributed by atoms with Gasteiger partial charge in [-0.2, -0.15) is 0 Å². The molecule has 2 rings (SSSR count). The number of carbonyl (C=O) groups excluding carboxylic acids is 3. The third-order valence-electron chi connectivity index (χ3n) is 3.86. The van der Waals surface area contributed by atoms with Crippen LogP contribution in [0.3, 0.4) is 0 Å². The van der Waals surface area contributed by atoms with Gasteiger partial charge in [0.2, 0.25) is 5.91 Å². The van der Waals surface area contributed by atoms with E-state index in [-0.39, 0.29) is 25.4 Å². The lowest BCUT2D eigenvalue weighted by Crippen LogP contribution is -2.21. The molecule has 0 aliphatic rings. The molecule has 2 N–H and O–H groups in total. The molecule has 0 saturated heterocycles. The maximum absolute atomic E-state index is 11.9. The Bertz CT molecular complexity index is 803. The normalized spacial score (nSPS) is 10.1. The molecule has 0 atom stereocenters. The van der Waals surface area contributed by atoms with E-state index < -0.39 is 11.9 Å². The summed E-state index contributed by atoms with van der Waals surface area (Å²) in [6.07, 6.45) is 0.647. The first-order chi connectivity index (χ1) is 12.9. The topological polar surface area (TPSA) is 84.5 Å². The Labute approximate surface area is 158 Å². The van der Waals surface area contributed by atoms with Crippen molar-refractivity contribution in [2.45, 2.75) is 33.1 Å². The Morgan fingerprint density at radius 1 is 0.889 bits per heavy atom. The van der Waals surface area contributed by atoms with Crippen LogP contribution < -0.4 is 10.6 Å². The van der Waals surface area contributed by atoms with Gasteiger partial charge in [-0.05, 0) is 44.0 Å². The van der Waals surface area contributed by atoms with E-state index in [0.717, 1.165) is 11.1 Å². The van der Waals surface area contributed by atoms with E-state index in [0.29, 0.717) is 17.8 Å². The van der Waals surface area contributed by atoms with Crippen LogP contribution >= 0.6 is 0 Å². The van der Waals surface area contributed by atoms with Crippen molar-refractivity contribution in [2.24, 2.45) is 0 Å². The van der Waals surface area contributed by atoms with Crippen molar-refractivity contribution in [2.75, 3.05) is 17.2 Å². The minimum Gasteiger partial charge on any atom is -0.456 e. The highest BCUT2D eigenvalue weighted by molar-refractivity contribution is 5.93. The molecule has 0 radical (unpaired) electrons. The third kappa shape index (κ3) is 7.32. The van der Waals surface area contributed by atoms with Crippen LogP contribution in [0.5, 0.6) is 0 Å². The van der Waals surface area contributed by atoms with Gasteiger partial charge in [0, 0.05) is 24.2 Å². The Morgan fingerprint density at radius 2 is 1.63 bits per heavy atom. The number of para-hydroxylation sites is 1. The van der Waals surface area contributed by atoms with Gasteiger partial charge in [-0.3, -0.25) is 14.4 Å². The molecule has 0 aliphatic heterocycles. The molecule has 0 heterocycles. The minimum absolute atomic E-state index is 0.0824. The highest BCUT2D eigenvalue weighted by Crippen LogP contribution is 2.15. The molecule has 6 nitrogen and oxygen atoms in total. The van der Waals surface area contributed by atoms with Gasteiger partial charge in [0.25, 0.3) is 5.91 Å². The maximum atomic E-state index is 11.9. The van der Waals surface area contributed by atoms with Gasteiger partial charge in [-0.25, -0.2) is 0 Å². The van der Waals surface area contributed by atoms with Gasteiger partial charge in [0.05, 0.1) is 0 Å². The number of aryl methyl sites for hydroxylation is 2. The standard InChI is InChI=1S/C21H24N2O4/c1-15-11-12-18(16(2)13-15)23-20(25)14-27-21(26)10-6-9-19(24)22-17-7-4-3-5-8-17/h3-5,7-8,11-13H,6,9-10,14H2,1-2H3,(H,22,24)(H,23,25). The van der Waals surface area contributed by atoms with Crippen molar-refractivity contribution < 1.29 is 19.1 Å². The molecule has 0 unspecified atom stereocenters. The van der Waals surface area contributed by atoms with Crippen molar-refractivity contribution in [3.8, 4) is 0 Å². The van der Waals surface area contributed by atoms with Gasteiger partial charge < -0.3 is 15.4 Å². The SMILES string of the molecule is Cc1ccc(NC(=O)COC(=O)CCCC(=O)Nc2ccccc2)c(C)c1. The van der Waals surface area contributed by atoms with Crippen LogP contribution in [0.15, 0.2) is 48.5 Å². The first kappa shape index (κ1) is 20.2. The van der Waals surface area contributed by atoms with Crippen LogP contribution in [0, 0.1) is 13.8 Å². The van der Waals surface area contributed by atoms with E-state index in [1.165, 1.54) is 0 Å². The van der Waals surface area contributed by atoms with Crippen molar-refractivity contribution >= 4 is 29.2 Å². The van der Waals surface area contributed by atoms with Gasteiger partial charge in [-0.1, -0.05) is 35.9 Å². The zero-order valence-electron chi connectivity index (χ0n) is 15.6. The summed E-state index contributed by atoms with van der Waals surface area (Å²) in [6.45, 7) is 3.53. The lowest BCUT2D eigenvalue weighted by molar-refractivity contribution is -0.147. The summed E-state index contributed by atoms with van der Waals surface area (Å²) in [5.41, 5.74) is 3.46. The van der Waals surface area contributed by atoms with Crippen LogP contribution in [-0.4, -0.2) is 24.4 Å². The fourth-order valence-corrected chi connectivity index (χ4v) is 2.50.